The lowest BCUT2D eigenvalue weighted by Crippen LogP contribution is -2.30. The van der Waals surface area contributed by atoms with Gasteiger partial charge in [0.05, 0.1) is 6.04 Å². The predicted molar refractivity (Wildman–Crippen MR) is 93.9 cm³/mol. The highest BCUT2D eigenvalue weighted by Crippen LogP contribution is 2.23. The largest absolute Gasteiger partial charge is 0.459 e. The molecule has 4 rings (SSSR count). The minimum Gasteiger partial charge on any atom is -0.459 e. The Balaban J connectivity index is 1.41. The van der Waals surface area contributed by atoms with E-state index < -0.39 is 0 Å². The second-order valence-corrected chi connectivity index (χ2v) is 6.41. The van der Waals surface area contributed by atoms with Crippen LogP contribution in [0, 0.1) is 0 Å². The summed E-state index contributed by atoms with van der Waals surface area (Å²) < 4.78 is 5.77. The highest BCUT2D eigenvalue weighted by molar-refractivity contribution is 7.08. The van der Waals surface area contributed by atoms with Crippen LogP contribution in [0.2, 0.25) is 0 Å². The minimum atomic E-state index is -0.250. The van der Waals surface area contributed by atoms with Crippen molar-refractivity contribution in [2.45, 2.75) is 19.5 Å². The number of furan rings is 1. The Bertz CT molecular complexity index is 972. The first-order chi connectivity index (χ1) is 12.2. The van der Waals surface area contributed by atoms with Gasteiger partial charge >= 0.3 is 0 Å². The van der Waals surface area contributed by atoms with Crippen LogP contribution in [0.3, 0.4) is 0 Å². The van der Waals surface area contributed by atoms with E-state index >= 15 is 0 Å². The maximum atomic E-state index is 12.2. The van der Waals surface area contributed by atoms with E-state index in [9.17, 15) is 4.79 Å². The Hall–Kier alpha value is -3.00. The molecule has 1 atom stereocenters. The number of carbonyl (C=O) groups is 1. The Labute approximate surface area is 147 Å². The zero-order valence-electron chi connectivity index (χ0n) is 13.4. The van der Waals surface area contributed by atoms with Crippen molar-refractivity contribution in [2.75, 3.05) is 0 Å². The van der Waals surface area contributed by atoms with E-state index in [1.165, 1.54) is 4.80 Å². The molecular formula is C17H15N5O2S. The van der Waals surface area contributed by atoms with Crippen LogP contribution in [0.25, 0.3) is 22.4 Å². The van der Waals surface area contributed by atoms with Crippen molar-refractivity contribution in [1.82, 2.24) is 25.5 Å². The van der Waals surface area contributed by atoms with E-state index in [0.29, 0.717) is 11.6 Å². The summed E-state index contributed by atoms with van der Waals surface area (Å²) >= 11 is 1.56. The molecule has 0 aliphatic carbocycles. The number of amides is 1. The normalized spacial score (nSPS) is 12.4. The molecule has 1 amide bonds. The monoisotopic (exact) mass is 353 g/mol. The number of hydrogen-bond acceptors (Lipinski definition) is 6. The van der Waals surface area contributed by atoms with E-state index in [-0.39, 0.29) is 18.5 Å². The Morgan fingerprint density at radius 2 is 2.24 bits per heavy atom. The molecule has 126 valence electrons. The van der Waals surface area contributed by atoms with Crippen LogP contribution in [0.1, 0.15) is 18.7 Å². The molecule has 0 saturated carbocycles. The number of aromatic nitrogens is 4. The van der Waals surface area contributed by atoms with Gasteiger partial charge in [-0.15, -0.1) is 10.2 Å². The van der Waals surface area contributed by atoms with Gasteiger partial charge in [-0.1, -0.05) is 18.2 Å². The summed E-state index contributed by atoms with van der Waals surface area (Å²) in [5, 5.41) is 19.9. The van der Waals surface area contributed by atoms with Crippen LogP contribution in [-0.4, -0.2) is 26.1 Å². The van der Waals surface area contributed by atoms with E-state index in [2.05, 4.69) is 20.7 Å². The Morgan fingerprint density at radius 1 is 1.36 bits per heavy atom. The molecule has 3 heterocycles. The van der Waals surface area contributed by atoms with E-state index in [4.69, 9.17) is 4.42 Å². The van der Waals surface area contributed by atoms with Gasteiger partial charge in [0, 0.05) is 16.3 Å². The lowest BCUT2D eigenvalue weighted by Gasteiger charge is -2.10. The predicted octanol–water partition coefficient (Wildman–Crippen LogP) is 3.03. The summed E-state index contributed by atoms with van der Waals surface area (Å²) in [6.45, 7) is 1.88. The van der Waals surface area contributed by atoms with Gasteiger partial charge in [-0.3, -0.25) is 4.79 Å². The summed E-state index contributed by atoms with van der Waals surface area (Å²) in [6.07, 6.45) is 0. The van der Waals surface area contributed by atoms with Crippen molar-refractivity contribution in [1.29, 1.82) is 0 Å². The molecule has 0 saturated heterocycles. The molecular weight excluding hydrogens is 338 g/mol. The van der Waals surface area contributed by atoms with Crippen molar-refractivity contribution in [2.24, 2.45) is 0 Å². The fourth-order valence-electron chi connectivity index (χ4n) is 2.52. The van der Waals surface area contributed by atoms with Gasteiger partial charge in [0.1, 0.15) is 17.9 Å². The van der Waals surface area contributed by atoms with Crippen LogP contribution < -0.4 is 5.32 Å². The number of benzene rings is 1. The van der Waals surface area contributed by atoms with Crippen LogP contribution >= 0.6 is 11.3 Å². The fourth-order valence-corrected chi connectivity index (χ4v) is 3.15. The van der Waals surface area contributed by atoms with E-state index in [0.717, 1.165) is 16.5 Å². The lowest BCUT2D eigenvalue weighted by molar-refractivity contribution is -0.122. The molecule has 1 aromatic carbocycles. The quantitative estimate of drug-likeness (QED) is 0.596. The molecule has 7 nitrogen and oxygen atoms in total. The second kappa shape index (κ2) is 6.48. The first kappa shape index (κ1) is 15.5. The van der Waals surface area contributed by atoms with Crippen molar-refractivity contribution in [3.05, 3.63) is 52.9 Å². The van der Waals surface area contributed by atoms with Gasteiger partial charge in [0.15, 0.2) is 0 Å². The van der Waals surface area contributed by atoms with Gasteiger partial charge in [0.25, 0.3) is 0 Å². The zero-order chi connectivity index (χ0) is 17.2. The number of thiophene rings is 1. The zero-order valence-corrected chi connectivity index (χ0v) is 14.2. The molecule has 25 heavy (non-hydrogen) atoms. The molecule has 0 bridgehead atoms. The summed E-state index contributed by atoms with van der Waals surface area (Å²) in [7, 11) is 0. The third kappa shape index (κ3) is 3.29. The molecule has 0 aliphatic heterocycles. The summed E-state index contributed by atoms with van der Waals surface area (Å²) in [6, 6.07) is 11.3. The molecule has 1 N–H and O–H groups in total. The topological polar surface area (TPSA) is 85.8 Å². The number of nitrogens with zero attached hydrogens (tertiary/aromatic N) is 4. The highest BCUT2D eigenvalue weighted by Gasteiger charge is 2.16. The van der Waals surface area contributed by atoms with Crippen molar-refractivity contribution in [3.8, 4) is 11.4 Å². The number of nitrogens with one attached hydrogen (secondary N) is 1. The molecule has 8 heteroatoms. The summed E-state index contributed by atoms with van der Waals surface area (Å²) in [5.41, 5.74) is 1.70. The van der Waals surface area contributed by atoms with Crippen LogP contribution in [0.4, 0.5) is 0 Å². The molecule has 3 aromatic heterocycles. The molecule has 4 aromatic rings. The minimum absolute atomic E-state index is 0.00169. The average molecular weight is 353 g/mol. The second-order valence-electron chi connectivity index (χ2n) is 5.63. The van der Waals surface area contributed by atoms with E-state index in [1.54, 1.807) is 11.3 Å². The van der Waals surface area contributed by atoms with Crippen LogP contribution in [-0.2, 0) is 11.3 Å². The average Bonchev–Trinajstić information content (AvgIpc) is 3.34. The Kier molecular flexibility index (Phi) is 4.02. The smallest absolute Gasteiger partial charge is 0.244 e. The van der Waals surface area contributed by atoms with Gasteiger partial charge < -0.3 is 9.73 Å². The molecule has 0 radical (unpaired) electrons. The van der Waals surface area contributed by atoms with Crippen LogP contribution in [0.15, 0.2) is 51.6 Å². The molecule has 0 unspecified atom stereocenters. The van der Waals surface area contributed by atoms with Gasteiger partial charge in [-0.25, -0.2) is 0 Å². The number of fused-ring (bicyclic) bond motifs is 1. The number of carbonyl (C=O) groups excluding carboxylic acids is 1. The third-order valence-electron chi connectivity index (χ3n) is 3.77. The fraction of sp³-hybridized carbons (Fsp3) is 0.176. The lowest BCUT2D eigenvalue weighted by atomic mass is 10.2. The SMILES string of the molecule is C[C@H](NC(=O)Cn1nnc(-c2ccsc2)n1)c1cc2ccccc2o1. The first-order valence-electron chi connectivity index (χ1n) is 7.77. The van der Waals surface area contributed by atoms with Gasteiger partial charge in [-0.05, 0) is 35.7 Å². The van der Waals surface area contributed by atoms with Gasteiger partial charge in [0.2, 0.25) is 11.7 Å². The highest BCUT2D eigenvalue weighted by atomic mass is 32.1. The maximum absolute atomic E-state index is 12.2. The first-order valence-corrected chi connectivity index (χ1v) is 8.71. The van der Waals surface area contributed by atoms with E-state index in [1.807, 2.05) is 54.1 Å². The number of tetrazole rings is 1. The summed E-state index contributed by atoms with van der Waals surface area (Å²) in [5.74, 6) is 1.02. The van der Waals surface area contributed by atoms with Crippen molar-refractivity contribution in [3.63, 3.8) is 0 Å². The molecule has 0 fully saturated rings. The Morgan fingerprint density at radius 3 is 3.04 bits per heavy atom. The van der Waals surface area contributed by atoms with Crippen LogP contribution in [0.5, 0.6) is 0 Å². The third-order valence-corrected chi connectivity index (χ3v) is 4.45. The maximum Gasteiger partial charge on any atom is 0.244 e. The van der Waals surface area contributed by atoms with Crippen molar-refractivity contribution >= 4 is 28.2 Å². The van der Waals surface area contributed by atoms with Crippen molar-refractivity contribution < 1.29 is 9.21 Å². The molecule has 0 spiro atoms. The summed E-state index contributed by atoms with van der Waals surface area (Å²) in [4.78, 5) is 13.5. The molecule has 0 aliphatic rings. The number of para-hydroxylation sites is 1. The number of hydrogen-bond donors (Lipinski definition) is 1. The van der Waals surface area contributed by atoms with Gasteiger partial charge in [-0.2, -0.15) is 16.1 Å². The standard InChI is InChI=1S/C17H15N5O2S/c1-11(15-8-12-4-2-3-5-14(12)24-15)18-16(23)9-22-20-17(19-21-22)13-6-7-25-10-13/h2-8,10-11H,9H2,1H3,(H,18,23)/t11-/m0/s1. The number of rotatable bonds is 5.